The smallest absolute Gasteiger partial charge is 0.338 e. The lowest BCUT2D eigenvalue weighted by Crippen LogP contribution is -2.06. The molecule has 0 spiro atoms. The highest BCUT2D eigenvalue weighted by Crippen LogP contribution is 2.19. The van der Waals surface area contributed by atoms with Gasteiger partial charge < -0.3 is 4.74 Å². The highest BCUT2D eigenvalue weighted by molar-refractivity contribution is 5.90. The molecule has 0 radical (unpaired) electrons. The summed E-state index contributed by atoms with van der Waals surface area (Å²) in [6.07, 6.45) is 1.43. The Labute approximate surface area is 92.5 Å². The van der Waals surface area contributed by atoms with Crippen LogP contribution in [-0.2, 0) is 4.74 Å². The van der Waals surface area contributed by atoms with Gasteiger partial charge in [0, 0.05) is 11.6 Å². The van der Waals surface area contributed by atoms with Crippen LogP contribution in [0.4, 0.5) is 5.69 Å². The highest BCUT2D eigenvalue weighted by Gasteiger charge is 2.15. The Balaban J connectivity index is 2.98. The number of hydrogen-bond acceptors (Lipinski definition) is 4. The molecule has 0 atom stereocenters. The van der Waals surface area contributed by atoms with E-state index in [0.29, 0.717) is 5.56 Å². The summed E-state index contributed by atoms with van der Waals surface area (Å²) >= 11 is 0. The first-order chi connectivity index (χ1) is 7.56. The van der Waals surface area contributed by atoms with E-state index in [1.807, 2.05) is 0 Å². The molecule has 0 heterocycles. The molecule has 1 aromatic carbocycles. The second-order valence-electron chi connectivity index (χ2n) is 3.15. The van der Waals surface area contributed by atoms with Gasteiger partial charge >= 0.3 is 5.97 Å². The van der Waals surface area contributed by atoms with Crippen LogP contribution in [0.15, 0.2) is 30.9 Å². The van der Waals surface area contributed by atoms with E-state index >= 15 is 0 Å². The number of nitro groups is 1. The van der Waals surface area contributed by atoms with Crippen LogP contribution >= 0.6 is 0 Å². The average Bonchev–Trinajstić information content (AvgIpc) is 2.26. The Morgan fingerprint density at radius 2 is 2.31 bits per heavy atom. The van der Waals surface area contributed by atoms with Crippen molar-refractivity contribution in [1.82, 2.24) is 0 Å². The molecule has 0 aliphatic rings. The average molecular weight is 221 g/mol. The van der Waals surface area contributed by atoms with Crippen molar-refractivity contribution in [1.29, 1.82) is 0 Å². The van der Waals surface area contributed by atoms with Crippen LogP contribution in [0.3, 0.4) is 0 Å². The maximum absolute atomic E-state index is 11.4. The molecule has 0 unspecified atom stereocenters. The van der Waals surface area contributed by atoms with E-state index in [4.69, 9.17) is 4.74 Å². The van der Waals surface area contributed by atoms with Gasteiger partial charge in [0.1, 0.15) is 6.61 Å². The lowest BCUT2D eigenvalue weighted by molar-refractivity contribution is -0.385. The Hall–Kier alpha value is -2.17. The zero-order valence-electron chi connectivity index (χ0n) is 8.80. The van der Waals surface area contributed by atoms with Crippen molar-refractivity contribution in [3.63, 3.8) is 0 Å². The molecule has 5 heteroatoms. The standard InChI is InChI=1S/C11H11NO4/c1-3-6-16-11(13)9-5-4-8(2)10(7-9)12(14)15/h3-5,7H,1,6H2,2H3. The summed E-state index contributed by atoms with van der Waals surface area (Å²) in [6.45, 7) is 5.09. The van der Waals surface area contributed by atoms with Gasteiger partial charge in [-0.3, -0.25) is 10.1 Å². The minimum Gasteiger partial charge on any atom is -0.458 e. The molecule has 16 heavy (non-hydrogen) atoms. The summed E-state index contributed by atoms with van der Waals surface area (Å²) in [7, 11) is 0. The predicted molar refractivity (Wildman–Crippen MR) is 58.3 cm³/mol. The van der Waals surface area contributed by atoms with Crippen molar-refractivity contribution in [3.05, 3.63) is 52.1 Å². The molecule has 0 amide bonds. The highest BCUT2D eigenvalue weighted by atomic mass is 16.6. The Morgan fingerprint density at radius 1 is 1.62 bits per heavy atom. The predicted octanol–water partition coefficient (Wildman–Crippen LogP) is 2.25. The molecule has 0 aliphatic heterocycles. The first kappa shape index (κ1) is 11.9. The molecule has 1 rings (SSSR count). The quantitative estimate of drug-likeness (QED) is 0.338. The maximum Gasteiger partial charge on any atom is 0.338 e. The molecule has 5 nitrogen and oxygen atoms in total. The number of benzene rings is 1. The monoisotopic (exact) mass is 221 g/mol. The van der Waals surface area contributed by atoms with Crippen LogP contribution < -0.4 is 0 Å². The molecule has 0 N–H and O–H groups in total. The third-order valence-corrected chi connectivity index (χ3v) is 1.97. The number of carbonyl (C=O) groups is 1. The molecule has 0 saturated carbocycles. The van der Waals surface area contributed by atoms with Gasteiger partial charge in [-0.05, 0) is 13.0 Å². The minimum absolute atomic E-state index is 0.0838. The number of nitrogens with zero attached hydrogens (tertiary/aromatic N) is 1. The number of rotatable bonds is 4. The number of esters is 1. The van der Waals surface area contributed by atoms with Crippen molar-refractivity contribution in [2.24, 2.45) is 0 Å². The largest absolute Gasteiger partial charge is 0.458 e. The molecular formula is C11H11NO4. The molecule has 1 aromatic rings. The van der Waals surface area contributed by atoms with Crippen LogP contribution in [0, 0.1) is 17.0 Å². The summed E-state index contributed by atoms with van der Waals surface area (Å²) in [6, 6.07) is 4.22. The Kier molecular flexibility index (Phi) is 3.77. The van der Waals surface area contributed by atoms with Gasteiger partial charge in [0.15, 0.2) is 0 Å². The molecule has 0 aliphatic carbocycles. The van der Waals surface area contributed by atoms with E-state index in [9.17, 15) is 14.9 Å². The van der Waals surface area contributed by atoms with Crippen molar-refractivity contribution >= 4 is 11.7 Å². The molecule has 84 valence electrons. The number of hydrogen-bond donors (Lipinski definition) is 0. The van der Waals surface area contributed by atoms with Crippen molar-refractivity contribution in [2.75, 3.05) is 6.61 Å². The van der Waals surface area contributed by atoms with Crippen molar-refractivity contribution in [3.8, 4) is 0 Å². The van der Waals surface area contributed by atoms with Crippen LogP contribution in [0.2, 0.25) is 0 Å². The van der Waals surface area contributed by atoms with Crippen LogP contribution in [0.5, 0.6) is 0 Å². The van der Waals surface area contributed by atoms with Gasteiger partial charge in [-0.25, -0.2) is 4.79 Å². The van der Waals surface area contributed by atoms with Crippen LogP contribution in [0.1, 0.15) is 15.9 Å². The van der Waals surface area contributed by atoms with E-state index in [0.717, 1.165) is 0 Å². The van der Waals surface area contributed by atoms with Gasteiger partial charge in [0.2, 0.25) is 0 Å². The molecule has 0 saturated heterocycles. The number of nitro benzene ring substituents is 1. The fraction of sp³-hybridized carbons (Fsp3) is 0.182. The molecule has 0 bridgehead atoms. The van der Waals surface area contributed by atoms with Gasteiger partial charge in [0.25, 0.3) is 5.69 Å². The molecule has 0 aromatic heterocycles. The minimum atomic E-state index is -0.594. The van der Waals surface area contributed by atoms with Crippen molar-refractivity contribution < 1.29 is 14.5 Å². The fourth-order valence-corrected chi connectivity index (χ4v) is 1.15. The summed E-state index contributed by atoms with van der Waals surface area (Å²) in [5.74, 6) is -0.594. The summed E-state index contributed by atoms with van der Waals surface area (Å²) in [5.41, 5.74) is 0.581. The van der Waals surface area contributed by atoms with Gasteiger partial charge in [-0.1, -0.05) is 18.7 Å². The van der Waals surface area contributed by atoms with E-state index in [-0.39, 0.29) is 17.9 Å². The fourth-order valence-electron chi connectivity index (χ4n) is 1.15. The third kappa shape index (κ3) is 2.66. The lowest BCUT2D eigenvalue weighted by atomic mass is 10.1. The summed E-state index contributed by atoms with van der Waals surface area (Å²) in [4.78, 5) is 21.5. The first-order valence-corrected chi connectivity index (χ1v) is 4.59. The van der Waals surface area contributed by atoms with Gasteiger partial charge in [0.05, 0.1) is 10.5 Å². The Morgan fingerprint density at radius 3 is 2.88 bits per heavy atom. The third-order valence-electron chi connectivity index (χ3n) is 1.97. The topological polar surface area (TPSA) is 69.4 Å². The van der Waals surface area contributed by atoms with E-state index in [2.05, 4.69) is 6.58 Å². The zero-order valence-corrected chi connectivity index (χ0v) is 8.80. The second-order valence-corrected chi connectivity index (χ2v) is 3.15. The first-order valence-electron chi connectivity index (χ1n) is 4.59. The zero-order chi connectivity index (χ0) is 12.1. The normalized spacial score (nSPS) is 9.56. The van der Waals surface area contributed by atoms with Crippen LogP contribution in [0.25, 0.3) is 0 Å². The molecular weight excluding hydrogens is 210 g/mol. The summed E-state index contributed by atoms with van der Waals surface area (Å²) < 4.78 is 4.77. The molecule has 0 fully saturated rings. The SMILES string of the molecule is C=CCOC(=O)c1ccc(C)c([N+](=O)[O-])c1. The van der Waals surface area contributed by atoms with E-state index in [1.54, 1.807) is 6.92 Å². The van der Waals surface area contributed by atoms with E-state index < -0.39 is 10.9 Å². The lowest BCUT2D eigenvalue weighted by Gasteiger charge is -2.02. The van der Waals surface area contributed by atoms with Gasteiger partial charge in [-0.15, -0.1) is 0 Å². The van der Waals surface area contributed by atoms with Crippen LogP contribution in [-0.4, -0.2) is 17.5 Å². The van der Waals surface area contributed by atoms with Crippen molar-refractivity contribution in [2.45, 2.75) is 6.92 Å². The summed E-state index contributed by atoms with van der Waals surface area (Å²) in [5, 5.41) is 10.6. The van der Waals surface area contributed by atoms with E-state index in [1.165, 1.54) is 24.3 Å². The van der Waals surface area contributed by atoms with Gasteiger partial charge in [-0.2, -0.15) is 0 Å². The number of aryl methyl sites for hydroxylation is 1. The number of ether oxygens (including phenoxy) is 1. The second kappa shape index (κ2) is 5.06. The number of carbonyl (C=O) groups excluding carboxylic acids is 1. The Bertz CT molecular complexity index is 440. The maximum atomic E-state index is 11.4.